The molecule has 3 fully saturated rings. The fourth-order valence-corrected chi connectivity index (χ4v) is 6.07. The van der Waals surface area contributed by atoms with Crippen molar-refractivity contribution in [2.45, 2.75) is 45.6 Å². The van der Waals surface area contributed by atoms with Gasteiger partial charge in [0.2, 0.25) is 0 Å². The summed E-state index contributed by atoms with van der Waals surface area (Å²) >= 11 is 0. The minimum absolute atomic E-state index is 0.0483. The Morgan fingerprint density at radius 3 is 2.38 bits per heavy atom. The predicted molar refractivity (Wildman–Crippen MR) is 84.0 cm³/mol. The van der Waals surface area contributed by atoms with E-state index in [4.69, 9.17) is 10.5 Å². The van der Waals surface area contributed by atoms with E-state index in [1.165, 1.54) is 19.3 Å². The van der Waals surface area contributed by atoms with Crippen molar-refractivity contribution < 1.29 is 9.84 Å². The molecular weight excluding hydrogens is 264 g/mol. The highest BCUT2D eigenvalue weighted by molar-refractivity contribution is 5.23. The van der Waals surface area contributed by atoms with Crippen molar-refractivity contribution in [1.29, 1.82) is 0 Å². The molecule has 0 spiro atoms. The third-order valence-electron chi connectivity index (χ3n) is 7.70. The Balaban J connectivity index is 2.06. The second-order valence-corrected chi connectivity index (χ2v) is 8.13. The molecule has 4 nitrogen and oxygen atoms in total. The Morgan fingerprint density at radius 2 is 1.95 bits per heavy atom. The van der Waals surface area contributed by atoms with Gasteiger partial charge in [0, 0.05) is 31.2 Å². The SMILES string of the molecule is CC1(C)[C@H]2CC[C@@]1(C)[C@@]([C@H](CN)CO)(N1CCOCC1)C2. The van der Waals surface area contributed by atoms with Crippen molar-refractivity contribution in [1.82, 2.24) is 4.90 Å². The van der Waals surface area contributed by atoms with E-state index in [1.807, 2.05) is 0 Å². The van der Waals surface area contributed by atoms with Crippen LogP contribution in [-0.4, -0.2) is 55.0 Å². The lowest BCUT2D eigenvalue weighted by Gasteiger charge is -2.59. The summed E-state index contributed by atoms with van der Waals surface area (Å²) in [5.74, 6) is 0.927. The fraction of sp³-hybridized carbons (Fsp3) is 1.00. The molecule has 1 heterocycles. The molecular formula is C17H32N2O2. The Hall–Kier alpha value is -0.160. The number of nitrogens with zero attached hydrogens (tertiary/aromatic N) is 1. The van der Waals surface area contributed by atoms with Gasteiger partial charge in [0.15, 0.2) is 0 Å². The lowest BCUT2D eigenvalue weighted by molar-refractivity contribution is -0.125. The number of ether oxygens (including phenoxy) is 1. The monoisotopic (exact) mass is 296 g/mol. The second kappa shape index (κ2) is 5.19. The number of fused-ring (bicyclic) bond motifs is 2. The minimum atomic E-state index is 0.0483. The highest BCUT2D eigenvalue weighted by Crippen LogP contribution is 2.72. The topological polar surface area (TPSA) is 58.7 Å². The maximum atomic E-state index is 10.1. The van der Waals surface area contributed by atoms with Crippen LogP contribution >= 0.6 is 0 Å². The van der Waals surface area contributed by atoms with Gasteiger partial charge in [0.1, 0.15) is 0 Å². The van der Waals surface area contributed by atoms with Gasteiger partial charge in [-0.25, -0.2) is 0 Å². The molecule has 0 aromatic carbocycles. The van der Waals surface area contributed by atoms with E-state index in [0.717, 1.165) is 32.2 Å². The first-order valence-corrected chi connectivity index (χ1v) is 8.58. The molecule has 2 bridgehead atoms. The lowest BCUT2D eigenvalue weighted by atomic mass is 9.57. The number of aliphatic hydroxyl groups excluding tert-OH is 1. The zero-order valence-corrected chi connectivity index (χ0v) is 13.9. The van der Waals surface area contributed by atoms with Crippen LogP contribution in [0.5, 0.6) is 0 Å². The van der Waals surface area contributed by atoms with Gasteiger partial charge in [-0.2, -0.15) is 0 Å². The molecule has 21 heavy (non-hydrogen) atoms. The van der Waals surface area contributed by atoms with Crippen LogP contribution in [0.2, 0.25) is 0 Å². The standard InChI is InChI=1S/C17H32N2O2/c1-15(2)13-4-5-16(15,3)17(10-13,14(11-18)12-20)19-6-8-21-9-7-19/h13-14,20H,4-12,18H2,1-3H3/t13-,14+,16+,17+/m0/s1. The number of nitrogens with two attached hydrogens (primary N) is 1. The number of morpholine rings is 1. The van der Waals surface area contributed by atoms with E-state index in [0.29, 0.717) is 12.0 Å². The molecule has 1 aliphatic heterocycles. The molecule has 0 radical (unpaired) electrons. The summed E-state index contributed by atoms with van der Waals surface area (Å²) in [6, 6.07) is 0. The average molecular weight is 296 g/mol. The molecule has 2 saturated carbocycles. The van der Waals surface area contributed by atoms with Gasteiger partial charge in [-0.15, -0.1) is 0 Å². The van der Waals surface area contributed by atoms with Crippen LogP contribution in [-0.2, 0) is 4.74 Å². The first kappa shape index (κ1) is 15.7. The Morgan fingerprint density at radius 1 is 1.29 bits per heavy atom. The van der Waals surface area contributed by atoms with Gasteiger partial charge < -0.3 is 15.6 Å². The summed E-state index contributed by atoms with van der Waals surface area (Å²) in [6.07, 6.45) is 3.79. The molecule has 122 valence electrons. The first-order valence-electron chi connectivity index (χ1n) is 8.58. The van der Waals surface area contributed by atoms with Crippen LogP contribution in [0, 0.1) is 22.7 Å². The largest absolute Gasteiger partial charge is 0.396 e. The van der Waals surface area contributed by atoms with Gasteiger partial charge in [-0.05, 0) is 42.6 Å². The van der Waals surface area contributed by atoms with Crippen molar-refractivity contribution >= 4 is 0 Å². The molecule has 3 N–H and O–H groups in total. The summed E-state index contributed by atoms with van der Waals surface area (Å²) in [6.45, 7) is 11.7. The smallest absolute Gasteiger partial charge is 0.0594 e. The number of rotatable bonds is 4. The van der Waals surface area contributed by atoms with Crippen molar-refractivity contribution in [2.24, 2.45) is 28.4 Å². The average Bonchev–Trinajstić information content (AvgIpc) is 2.81. The normalized spacial score (nSPS) is 44.1. The highest BCUT2D eigenvalue weighted by Gasteiger charge is 2.71. The van der Waals surface area contributed by atoms with Gasteiger partial charge in [-0.1, -0.05) is 20.8 Å². The summed E-state index contributed by atoms with van der Waals surface area (Å²) in [7, 11) is 0. The zero-order chi connectivity index (χ0) is 15.3. The summed E-state index contributed by atoms with van der Waals surface area (Å²) in [4.78, 5) is 2.63. The predicted octanol–water partition coefficient (Wildman–Crippen LogP) is 1.47. The van der Waals surface area contributed by atoms with Crippen LogP contribution in [0.25, 0.3) is 0 Å². The molecule has 0 aromatic heterocycles. The van der Waals surface area contributed by atoms with Gasteiger partial charge in [0.25, 0.3) is 0 Å². The van der Waals surface area contributed by atoms with Crippen LogP contribution in [0.3, 0.4) is 0 Å². The zero-order valence-electron chi connectivity index (χ0n) is 13.9. The molecule has 3 aliphatic rings. The lowest BCUT2D eigenvalue weighted by Crippen LogP contribution is -2.67. The van der Waals surface area contributed by atoms with Crippen LogP contribution in [0.4, 0.5) is 0 Å². The van der Waals surface area contributed by atoms with E-state index in [-0.39, 0.29) is 23.5 Å². The third kappa shape index (κ3) is 1.82. The van der Waals surface area contributed by atoms with E-state index >= 15 is 0 Å². The van der Waals surface area contributed by atoms with E-state index in [1.54, 1.807) is 0 Å². The fourth-order valence-electron chi connectivity index (χ4n) is 6.07. The van der Waals surface area contributed by atoms with Gasteiger partial charge >= 0.3 is 0 Å². The molecule has 1 saturated heterocycles. The maximum absolute atomic E-state index is 10.1. The Labute approximate surface area is 129 Å². The number of hydrogen-bond acceptors (Lipinski definition) is 4. The molecule has 0 unspecified atom stereocenters. The number of hydrogen-bond donors (Lipinski definition) is 2. The second-order valence-electron chi connectivity index (χ2n) is 8.13. The van der Waals surface area contributed by atoms with Gasteiger partial charge in [-0.3, -0.25) is 4.90 Å². The van der Waals surface area contributed by atoms with Crippen molar-refractivity contribution in [2.75, 3.05) is 39.5 Å². The van der Waals surface area contributed by atoms with Crippen molar-refractivity contribution in [3.05, 3.63) is 0 Å². The van der Waals surface area contributed by atoms with E-state index in [2.05, 4.69) is 25.7 Å². The molecule has 0 amide bonds. The van der Waals surface area contributed by atoms with Crippen molar-refractivity contribution in [3.63, 3.8) is 0 Å². The first-order chi connectivity index (χ1) is 9.94. The minimum Gasteiger partial charge on any atom is -0.396 e. The molecule has 4 atom stereocenters. The van der Waals surface area contributed by atoms with E-state index in [9.17, 15) is 5.11 Å². The summed E-state index contributed by atoms with van der Waals surface area (Å²) in [5.41, 5.74) is 6.72. The quantitative estimate of drug-likeness (QED) is 0.825. The molecule has 0 aromatic rings. The molecule has 2 aliphatic carbocycles. The summed E-state index contributed by atoms with van der Waals surface area (Å²) in [5, 5.41) is 10.1. The Bertz CT molecular complexity index is 390. The van der Waals surface area contributed by atoms with Crippen LogP contribution < -0.4 is 5.73 Å². The number of aliphatic hydroxyl groups is 1. The van der Waals surface area contributed by atoms with Crippen LogP contribution in [0.15, 0.2) is 0 Å². The maximum Gasteiger partial charge on any atom is 0.0594 e. The molecule has 4 heteroatoms. The van der Waals surface area contributed by atoms with E-state index < -0.39 is 0 Å². The Kier molecular flexibility index (Phi) is 3.89. The van der Waals surface area contributed by atoms with Crippen LogP contribution in [0.1, 0.15) is 40.0 Å². The molecule has 3 rings (SSSR count). The third-order valence-corrected chi connectivity index (χ3v) is 7.70. The van der Waals surface area contributed by atoms with Gasteiger partial charge in [0.05, 0.1) is 13.2 Å². The highest BCUT2D eigenvalue weighted by atomic mass is 16.5. The summed E-state index contributed by atoms with van der Waals surface area (Å²) < 4.78 is 5.58. The van der Waals surface area contributed by atoms with Crippen molar-refractivity contribution in [3.8, 4) is 0 Å².